The fourth-order valence-corrected chi connectivity index (χ4v) is 3.64. The number of nitrogens with two attached hydrogens (primary N) is 1. The summed E-state index contributed by atoms with van der Waals surface area (Å²) >= 11 is 6.08. The molecule has 1 amide bonds. The Morgan fingerprint density at radius 1 is 1.46 bits per heavy atom. The van der Waals surface area contributed by atoms with Gasteiger partial charge in [-0.2, -0.15) is 0 Å². The van der Waals surface area contributed by atoms with E-state index < -0.39 is 0 Å². The third-order valence-corrected chi connectivity index (χ3v) is 5.04. The predicted molar refractivity (Wildman–Crippen MR) is 127 cm³/mol. The zero-order valence-corrected chi connectivity index (χ0v) is 20.0. The molecule has 6 nitrogen and oxygen atoms in total. The van der Waals surface area contributed by atoms with Crippen molar-refractivity contribution in [1.29, 1.82) is 0 Å². The van der Waals surface area contributed by atoms with Gasteiger partial charge >= 0.3 is 0 Å². The Balaban J connectivity index is 0.00000392. The van der Waals surface area contributed by atoms with Crippen molar-refractivity contribution in [2.75, 3.05) is 39.8 Å². The van der Waals surface area contributed by atoms with Gasteiger partial charge in [-0.25, -0.2) is 0 Å². The minimum Gasteiger partial charge on any atom is -0.369 e. The molecule has 0 radical (unpaired) electrons. The van der Waals surface area contributed by atoms with E-state index in [2.05, 4.69) is 28.1 Å². The van der Waals surface area contributed by atoms with Crippen LogP contribution in [0.1, 0.15) is 31.7 Å². The Morgan fingerprint density at radius 2 is 2.25 bits per heavy atom. The molecule has 1 fully saturated rings. The lowest BCUT2D eigenvalue weighted by Crippen LogP contribution is -2.41. The highest BCUT2D eigenvalue weighted by molar-refractivity contribution is 14.0. The van der Waals surface area contributed by atoms with Crippen LogP contribution in [0.2, 0.25) is 5.02 Å². The SMILES string of the molecule is CCNC(=NCCCN1CCCC(C(N)=O)C1)N(C)Cc1cccc(Cl)c1.I. The van der Waals surface area contributed by atoms with Crippen molar-refractivity contribution in [3.63, 3.8) is 0 Å². The first-order valence-electron chi connectivity index (χ1n) is 9.75. The first kappa shape index (κ1) is 25.0. The summed E-state index contributed by atoms with van der Waals surface area (Å²) in [5.41, 5.74) is 6.61. The molecular formula is C20H33ClIN5O. The number of benzene rings is 1. The van der Waals surface area contributed by atoms with Crippen molar-refractivity contribution in [3.8, 4) is 0 Å². The van der Waals surface area contributed by atoms with Crippen molar-refractivity contribution in [3.05, 3.63) is 34.9 Å². The third kappa shape index (κ3) is 8.53. The fourth-order valence-electron chi connectivity index (χ4n) is 3.42. The quantitative estimate of drug-likeness (QED) is 0.239. The number of guanidine groups is 1. The van der Waals surface area contributed by atoms with E-state index >= 15 is 0 Å². The second-order valence-corrected chi connectivity index (χ2v) is 7.55. The first-order chi connectivity index (χ1) is 13.0. The number of piperidine rings is 1. The molecule has 0 aliphatic carbocycles. The third-order valence-electron chi connectivity index (χ3n) is 4.81. The number of hydrogen-bond donors (Lipinski definition) is 2. The number of hydrogen-bond acceptors (Lipinski definition) is 3. The molecule has 28 heavy (non-hydrogen) atoms. The molecule has 0 aromatic heterocycles. The predicted octanol–water partition coefficient (Wildman–Crippen LogP) is 2.94. The Bertz CT molecular complexity index is 643. The standard InChI is InChI=1S/C20H32ClN5O.HI/c1-3-23-20(25(2)14-16-7-4-9-18(21)13-16)24-10-6-12-26-11-5-8-17(15-26)19(22)27;/h4,7,9,13,17H,3,5-6,8,10-12,14-15H2,1-2H3,(H2,22,27)(H,23,24);1H. The number of primary amides is 1. The maximum Gasteiger partial charge on any atom is 0.221 e. The molecule has 1 aromatic carbocycles. The minimum absolute atomic E-state index is 0. The van der Waals surface area contributed by atoms with Crippen LogP contribution in [0.4, 0.5) is 0 Å². The topological polar surface area (TPSA) is 74.0 Å². The molecule has 0 saturated carbocycles. The number of rotatable bonds is 8. The van der Waals surface area contributed by atoms with Crippen LogP contribution in [0.25, 0.3) is 0 Å². The Hall–Kier alpha value is -1.06. The number of nitrogens with zero attached hydrogens (tertiary/aromatic N) is 3. The molecule has 1 aliphatic rings. The lowest BCUT2D eigenvalue weighted by atomic mass is 9.97. The summed E-state index contributed by atoms with van der Waals surface area (Å²) in [5.74, 6) is 0.726. The van der Waals surface area contributed by atoms with Crippen LogP contribution >= 0.6 is 35.6 Å². The highest BCUT2D eigenvalue weighted by Crippen LogP contribution is 2.16. The molecule has 2 rings (SSSR count). The van der Waals surface area contributed by atoms with E-state index in [1.165, 1.54) is 0 Å². The second kappa shape index (κ2) is 13.2. The van der Waals surface area contributed by atoms with Gasteiger partial charge in [0.2, 0.25) is 5.91 Å². The van der Waals surface area contributed by atoms with Crippen molar-refractivity contribution < 1.29 is 4.79 Å². The number of amides is 1. The number of nitrogens with one attached hydrogen (secondary N) is 1. The number of aliphatic imine (C=N–C) groups is 1. The lowest BCUT2D eigenvalue weighted by molar-refractivity contribution is -0.123. The molecule has 0 bridgehead atoms. The van der Waals surface area contributed by atoms with Crippen molar-refractivity contribution >= 4 is 47.4 Å². The zero-order chi connectivity index (χ0) is 19.6. The van der Waals surface area contributed by atoms with Crippen molar-refractivity contribution in [2.24, 2.45) is 16.6 Å². The molecule has 0 spiro atoms. The summed E-state index contributed by atoms with van der Waals surface area (Å²) in [6.45, 7) is 7.17. The lowest BCUT2D eigenvalue weighted by Gasteiger charge is -2.30. The van der Waals surface area contributed by atoms with E-state index in [4.69, 9.17) is 22.3 Å². The van der Waals surface area contributed by atoms with E-state index in [-0.39, 0.29) is 35.8 Å². The van der Waals surface area contributed by atoms with E-state index in [1.807, 2.05) is 25.2 Å². The summed E-state index contributed by atoms with van der Waals surface area (Å²) < 4.78 is 0. The molecule has 1 atom stereocenters. The summed E-state index contributed by atoms with van der Waals surface area (Å²) in [6, 6.07) is 7.89. The smallest absolute Gasteiger partial charge is 0.221 e. The minimum atomic E-state index is -0.171. The van der Waals surface area contributed by atoms with E-state index in [1.54, 1.807) is 0 Å². The maximum absolute atomic E-state index is 11.4. The van der Waals surface area contributed by atoms with Crippen LogP contribution in [0.15, 0.2) is 29.3 Å². The van der Waals surface area contributed by atoms with Crippen molar-refractivity contribution in [2.45, 2.75) is 32.7 Å². The molecule has 1 saturated heterocycles. The summed E-state index contributed by atoms with van der Waals surface area (Å²) in [6.07, 6.45) is 2.93. The van der Waals surface area contributed by atoms with Gasteiger partial charge in [-0.1, -0.05) is 23.7 Å². The number of carbonyl (C=O) groups excluding carboxylic acids is 1. The highest BCUT2D eigenvalue weighted by atomic mass is 127. The average molecular weight is 522 g/mol. The Morgan fingerprint density at radius 3 is 2.93 bits per heavy atom. The molecular weight excluding hydrogens is 489 g/mol. The summed E-state index contributed by atoms with van der Waals surface area (Å²) in [4.78, 5) is 20.6. The molecule has 1 heterocycles. The number of likely N-dealkylation sites (tertiary alicyclic amines) is 1. The van der Waals surface area contributed by atoms with Crippen LogP contribution in [-0.2, 0) is 11.3 Å². The highest BCUT2D eigenvalue weighted by Gasteiger charge is 2.23. The molecule has 1 aromatic rings. The van der Waals surface area contributed by atoms with Gasteiger partial charge in [0.15, 0.2) is 5.96 Å². The van der Waals surface area contributed by atoms with Gasteiger partial charge < -0.3 is 20.9 Å². The van der Waals surface area contributed by atoms with Crippen LogP contribution in [0.3, 0.4) is 0 Å². The Labute approximate surface area is 190 Å². The van der Waals surface area contributed by atoms with E-state index in [0.29, 0.717) is 0 Å². The summed E-state index contributed by atoms with van der Waals surface area (Å²) in [5, 5.41) is 4.09. The van der Waals surface area contributed by atoms with Gasteiger partial charge in [-0.05, 0) is 57.0 Å². The molecule has 8 heteroatoms. The van der Waals surface area contributed by atoms with E-state index in [9.17, 15) is 4.79 Å². The van der Waals surface area contributed by atoms with Gasteiger partial charge in [-0.3, -0.25) is 9.79 Å². The van der Waals surface area contributed by atoms with Gasteiger partial charge in [0.05, 0.1) is 5.92 Å². The molecule has 1 aliphatic heterocycles. The van der Waals surface area contributed by atoms with Gasteiger partial charge in [0, 0.05) is 38.2 Å². The number of halogens is 2. The molecule has 158 valence electrons. The molecule has 1 unspecified atom stereocenters. The number of carbonyl (C=O) groups is 1. The monoisotopic (exact) mass is 521 g/mol. The fraction of sp³-hybridized carbons (Fsp3) is 0.600. The second-order valence-electron chi connectivity index (χ2n) is 7.12. The van der Waals surface area contributed by atoms with Gasteiger partial charge in [0.25, 0.3) is 0 Å². The maximum atomic E-state index is 11.4. The van der Waals surface area contributed by atoms with Gasteiger partial charge in [0.1, 0.15) is 0 Å². The zero-order valence-electron chi connectivity index (χ0n) is 16.9. The largest absolute Gasteiger partial charge is 0.369 e. The van der Waals surface area contributed by atoms with Crippen LogP contribution < -0.4 is 11.1 Å². The van der Waals surface area contributed by atoms with Crippen LogP contribution in [-0.4, -0.2) is 61.4 Å². The van der Waals surface area contributed by atoms with Gasteiger partial charge in [-0.15, -0.1) is 24.0 Å². The van der Waals surface area contributed by atoms with Crippen LogP contribution in [0.5, 0.6) is 0 Å². The van der Waals surface area contributed by atoms with Crippen molar-refractivity contribution in [1.82, 2.24) is 15.1 Å². The normalized spacial score (nSPS) is 17.7. The van der Waals surface area contributed by atoms with E-state index in [0.717, 1.165) is 75.1 Å². The molecule has 3 N–H and O–H groups in total. The van der Waals surface area contributed by atoms with Crippen LogP contribution in [0, 0.1) is 5.92 Å². The Kier molecular flexibility index (Phi) is 11.8. The average Bonchev–Trinajstić information content (AvgIpc) is 2.64. The summed E-state index contributed by atoms with van der Waals surface area (Å²) in [7, 11) is 2.03. The first-order valence-corrected chi connectivity index (χ1v) is 10.1.